The molecule has 0 spiro atoms. The number of hydrogen-bond acceptors (Lipinski definition) is 6. The quantitative estimate of drug-likeness (QED) is 0.331. The molecule has 0 aliphatic rings. The Morgan fingerprint density at radius 3 is 2.50 bits per heavy atom. The number of nitro benzene ring substituents is 1. The first-order valence-electron chi connectivity index (χ1n) is 6.12. The maximum Gasteiger partial charge on any atom is 0.345 e. The predicted octanol–water partition coefficient (Wildman–Crippen LogP) is 2.57. The van der Waals surface area contributed by atoms with E-state index in [4.69, 9.17) is 9.47 Å². The fourth-order valence-corrected chi connectivity index (χ4v) is 1.57. The number of esters is 1. The number of hydrogen-bond donors (Lipinski definition) is 0. The molecule has 110 valence electrons. The molecule has 0 aliphatic heterocycles. The van der Waals surface area contributed by atoms with Gasteiger partial charge in [-0.05, 0) is 6.42 Å². The molecule has 7 nitrogen and oxygen atoms in total. The van der Waals surface area contributed by atoms with Crippen LogP contribution in [0.4, 0.5) is 5.69 Å². The van der Waals surface area contributed by atoms with Gasteiger partial charge in [0.2, 0.25) is 0 Å². The van der Waals surface area contributed by atoms with E-state index in [-0.39, 0.29) is 22.7 Å². The summed E-state index contributed by atoms with van der Waals surface area (Å²) in [6.45, 7) is 2.42. The molecule has 1 rings (SSSR count). The maximum absolute atomic E-state index is 11.6. The third kappa shape index (κ3) is 3.59. The summed E-state index contributed by atoms with van der Waals surface area (Å²) in [5.41, 5.74) is -0.540. The number of methoxy groups -OCH3 is 2. The van der Waals surface area contributed by atoms with Crippen LogP contribution in [-0.2, 0) is 4.74 Å². The molecule has 0 atom stereocenters. The van der Waals surface area contributed by atoms with Crippen LogP contribution < -0.4 is 9.47 Å². The van der Waals surface area contributed by atoms with E-state index in [0.29, 0.717) is 6.61 Å². The molecule has 0 saturated heterocycles. The second-order valence-electron chi connectivity index (χ2n) is 3.97. The third-order valence-electron chi connectivity index (χ3n) is 2.64. The van der Waals surface area contributed by atoms with Crippen molar-refractivity contribution in [3.05, 3.63) is 27.8 Å². The van der Waals surface area contributed by atoms with E-state index in [1.165, 1.54) is 19.2 Å². The molecule has 7 heteroatoms. The molecule has 0 unspecified atom stereocenters. The van der Waals surface area contributed by atoms with Crippen molar-refractivity contribution in [1.82, 2.24) is 0 Å². The van der Waals surface area contributed by atoms with Crippen molar-refractivity contribution in [2.45, 2.75) is 19.8 Å². The van der Waals surface area contributed by atoms with Crippen molar-refractivity contribution in [2.24, 2.45) is 0 Å². The SMILES string of the molecule is CCCCOc1cc([N+](=O)[O-])c(C(=O)OC)cc1OC. The largest absolute Gasteiger partial charge is 0.493 e. The highest BCUT2D eigenvalue weighted by Crippen LogP contribution is 2.35. The van der Waals surface area contributed by atoms with Crippen LogP contribution in [0.2, 0.25) is 0 Å². The van der Waals surface area contributed by atoms with Gasteiger partial charge in [0.1, 0.15) is 5.56 Å². The molecular formula is C13H17NO6. The highest BCUT2D eigenvalue weighted by molar-refractivity contribution is 5.94. The van der Waals surface area contributed by atoms with E-state index in [2.05, 4.69) is 4.74 Å². The van der Waals surface area contributed by atoms with Crippen LogP contribution in [0.1, 0.15) is 30.1 Å². The lowest BCUT2D eigenvalue weighted by molar-refractivity contribution is -0.385. The van der Waals surface area contributed by atoms with Crippen LogP contribution in [0.5, 0.6) is 11.5 Å². The average molecular weight is 283 g/mol. The lowest BCUT2D eigenvalue weighted by Gasteiger charge is -2.11. The lowest BCUT2D eigenvalue weighted by Crippen LogP contribution is -2.08. The van der Waals surface area contributed by atoms with Gasteiger partial charge in [0.25, 0.3) is 5.69 Å². The van der Waals surface area contributed by atoms with Crippen LogP contribution in [0, 0.1) is 10.1 Å². The zero-order valence-electron chi connectivity index (χ0n) is 11.7. The first-order chi connectivity index (χ1) is 9.54. The summed E-state index contributed by atoms with van der Waals surface area (Å²) in [4.78, 5) is 21.9. The van der Waals surface area contributed by atoms with Crippen LogP contribution >= 0.6 is 0 Å². The van der Waals surface area contributed by atoms with Gasteiger partial charge in [-0.1, -0.05) is 13.3 Å². The minimum absolute atomic E-state index is 0.169. The van der Waals surface area contributed by atoms with Crippen molar-refractivity contribution < 1.29 is 23.9 Å². The maximum atomic E-state index is 11.6. The van der Waals surface area contributed by atoms with Crippen molar-refractivity contribution in [1.29, 1.82) is 0 Å². The number of ether oxygens (including phenoxy) is 3. The smallest absolute Gasteiger partial charge is 0.345 e. The van der Waals surface area contributed by atoms with Gasteiger partial charge in [-0.15, -0.1) is 0 Å². The molecule has 20 heavy (non-hydrogen) atoms. The van der Waals surface area contributed by atoms with Crippen LogP contribution in [-0.4, -0.2) is 31.7 Å². The molecule has 0 radical (unpaired) electrons. The number of nitrogens with zero attached hydrogens (tertiary/aromatic N) is 1. The van der Waals surface area contributed by atoms with E-state index < -0.39 is 10.9 Å². The summed E-state index contributed by atoms with van der Waals surface area (Å²) < 4.78 is 15.1. The average Bonchev–Trinajstić information content (AvgIpc) is 2.45. The molecule has 1 aromatic carbocycles. The molecular weight excluding hydrogens is 266 g/mol. The second kappa shape index (κ2) is 7.32. The minimum atomic E-state index is -0.796. The number of benzene rings is 1. The van der Waals surface area contributed by atoms with E-state index in [1.807, 2.05) is 6.92 Å². The summed E-state index contributed by atoms with van der Waals surface area (Å²) >= 11 is 0. The van der Waals surface area contributed by atoms with E-state index >= 15 is 0 Å². The Kier molecular flexibility index (Phi) is 5.76. The molecule has 0 N–H and O–H groups in total. The van der Waals surface area contributed by atoms with Crippen LogP contribution in [0.15, 0.2) is 12.1 Å². The third-order valence-corrected chi connectivity index (χ3v) is 2.64. The first kappa shape index (κ1) is 15.7. The summed E-state index contributed by atoms with van der Waals surface area (Å²) in [6, 6.07) is 2.44. The highest BCUT2D eigenvalue weighted by Gasteiger charge is 2.25. The zero-order chi connectivity index (χ0) is 15.1. The fourth-order valence-electron chi connectivity index (χ4n) is 1.57. The molecule has 0 aromatic heterocycles. The molecule has 0 aliphatic carbocycles. The summed E-state index contributed by atoms with van der Waals surface area (Å²) in [5, 5.41) is 11.0. The van der Waals surface area contributed by atoms with Gasteiger partial charge in [0, 0.05) is 6.07 Å². The number of carbonyl (C=O) groups excluding carboxylic acids is 1. The van der Waals surface area contributed by atoms with Gasteiger partial charge >= 0.3 is 5.97 Å². The first-order valence-corrected chi connectivity index (χ1v) is 6.12. The Labute approximate surface area is 116 Å². The summed E-state index contributed by atoms with van der Waals surface area (Å²) in [5.74, 6) is -0.303. The normalized spacial score (nSPS) is 9.95. The van der Waals surface area contributed by atoms with Gasteiger partial charge in [0.05, 0.1) is 31.8 Å². The topological polar surface area (TPSA) is 87.9 Å². The molecule has 0 heterocycles. The number of nitro groups is 1. The van der Waals surface area contributed by atoms with Crippen LogP contribution in [0.25, 0.3) is 0 Å². The fraction of sp³-hybridized carbons (Fsp3) is 0.462. The molecule has 0 fully saturated rings. The van der Waals surface area contributed by atoms with E-state index in [0.717, 1.165) is 20.0 Å². The second-order valence-corrected chi connectivity index (χ2v) is 3.97. The Hall–Kier alpha value is -2.31. The number of rotatable bonds is 7. The van der Waals surface area contributed by atoms with Gasteiger partial charge < -0.3 is 14.2 Å². The van der Waals surface area contributed by atoms with Gasteiger partial charge in [-0.25, -0.2) is 4.79 Å². The van der Waals surface area contributed by atoms with Crippen molar-refractivity contribution in [3.8, 4) is 11.5 Å². The van der Waals surface area contributed by atoms with Crippen molar-refractivity contribution >= 4 is 11.7 Å². The minimum Gasteiger partial charge on any atom is -0.493 e. The lowest BCUT2D eigenvalue weighted by atomic mass is 10.1. The van der Waals surface area contributed by atoms with Crippen molar-refractivity contribution in [3.63, 3.8) is 0 Å². The highest BCUT2D eigenvalue weighted by atomic mass is 16.6. The summed E-state index contributed by atoms with van der Waals surface area (Å²) in [6.07, 6.45) is 1.75. The van der Waals surface area contributed by atoms with Gasteiger partial charge in [-0.3, -0.25) is 10.1 Å². The molecule has 0 amide bonds. The van der Waals surface area contributed by atoms with Crippen LogP contribution in [0.3, 0.4) is 0 Å². The van der Waals surface area contributed by atoms with Gasteiger partial charge in [-0.2, -0.15) is 0 Å². The van der Waals surface area contributed by atoms with Crippen molar-refractivity contribution in [2.75, 3.05) is 20.8 Å². The number of unbranched alkanes of at least 4 members (excludes halogenated alkanes) is 1. The Morgan fingerprint density at radius 2 is 2.00 bits per heavy atom. The van der Waals surface area contributed by atoms with E-state index in [9.17, 15) is 14.9 Å². The zero-order valence-corrected chi connectivity index (χ0v) is 11.7. The van der Waals surface area contributed by atoms with Gasteiger partial charge in [0.15, 0.2) is 11.5 Å². The Morgan fingerprint density at radius 1 is 1.30 bits per heavy atom. The van der Waals surface area contributed by atoms with E-state index in [1.54, 1.807) is 0 Å². The summed E-state index contributed by atoms with van der Waals surface area (Å²) in [7, 11) is 2.55. The Balaban J connectivity index is 3.22. The Bertz CT molecular complexity index is 500. The molecule has 0 bridgehead atoms. The molecule has 0 saturated carbocycles. The monoisotopic (exact) mass is 283 g/mol. The standard InChI is InChI=1S/C13H17NO6/c1-4-5-6-20-12-8-10(14(16)17)9(13(15)19-3)7-11(12)18-2/h7-8H,4-6H2,1-3H3. The molecule has 1 aromatic rings. The predicted molar refractivity (Wildman–Crippen MR) is 71.4 cm³/mol. The number of carbonyl (C=O) groups is 1.